The second kappa shape index (κ2) is 7.36. The summed E-state index contributed by atoms with van der Waals surface area (Å²) < 4.78 is 0.659. The summed E-state index contributed by atoms with van der Waals surface area (Å²) in [7, 11) is 0. The maximum Gasteiger partial charge on any atom is 0.291 e. The molecule has 24 heavy (non-hydrogen) atoms. The SMILES string of the molecule is O=C(N/N=C\c1c(Cl)cccc1Cl)c1cc(-c2ccc(Cl)s2)[nH]n1. The van der Waals surface area contributed by atoms with E-state index in [4.69, 9.17) is 34.8 Å². The monoisotopic (exact) mass is 398 g/mol. The van der Waals surface area contributed by atoms with E-state index in [1.54, 1.807) is 30.3 Å². The van der Waals surface area contributed by atoms with Crippen molar-refractivity contribution in [2.24, 2.45) is 5.10 Å². The van der Waals surface area contributed by atoms with Crippen molar-refractivity contribution in [2.45, 2.75) is 0 Å². The van der Waals surface area contributed by atoms with Gasteiger partial charge in [-0.05, 0) is 30.3 Å². The molecule has 2 heterocycles. The topological polar surface area (TPSA) is 70.1 Å². The fraction of sp³-hybridized carbons (Fsp3) is 0. The standard InChI is InChI=1S/C15H9Cl3N4OS/c16-9-2-1-3-10(17)8(9)7-19-22-15(23)12-6-11(20-21-12)13-4-5-14(18)24-13/h1-7H,(H,20,21)(H,22,23)/b19-7-. The molecule has 5 nitrogen and oxygen atoms in total. The van der Waals surface area contributed by atoms with Crippen molar-refractivity contribution < 1.29 is 4.79 Å². The second-order valence-corrected chi connectivity index (χ2v) is 7.13. The Hall–Kier alpha value is -1.86. The summed E-state index contributed by atoms with van der Waals surface area (Å²) in [6.45, 7) is 0. The van der Waals surface area contributed by atoms with Gasteiger partial charge >= 0.3 is 0 Å². The minimum atomic E-state index is -0.459. The number of carbonyl (C=O) groups is 1. The van der Waals surface area contributed by atoms with Crippen LogP contribution in [0.1, 0.15) is 16.1 Å². The van der Waals surface area contributed by atoms with Crippen LogP contribution in [0.25, 0.3) is 10.6 Å². The molecule has 0 atom stereocenters. The van der Waals surface area contributed by atoms with E-state index in [9.17, 15) is 4.79 Å². The highest BCUT2D eigenvalue weighted by atomic mass is 35.5. The van der Waals surface area contributed by atoms with Crippen molar-refractivity contribution in [3.63, 3.8) is 0 Å². The molecule has 0 spiro atoms. The third-order valence-corrected chi connectivity index (χ3v) is 4.93. The normalized spacial score (nSPS) is 11.1. The number of halogens is 3. The lowest BCUT2D eigenvalue weighted by Gasteiger charge is -2.00. The lowest BCUT2D eigenvalue weighted by molar-refractivity contribution is 0.0950. The zero-order valence-corrected chi connectivity index (χ0v) is 15.0. The molecule has 3 aromatic rings. The van der Waals surface area contributed by atoms with Crippen LogP contribution in [-0.2, 0) is 0 Å². The van der Waals surface area contributed by atoms with Crippen molar-refractivity contribution in [3.05, 3.63) is 62.0 Å². The van der Waals surface area contributed by atoms with Crippen LogP contribution in [0, 0.1) is 0 Å². The maximum atomic E-state index is 12.1. The predicted octanol–water partition coefficient (Wildman–Crippen LogP) is 4.86. The summed E-state index contributed by atoms with van der Waals surface area (Å²) in [6.07, 6.45) is 1.38. The Labute approximate surface area is 156 Å². The number of carbonyl (C=O) groups excluding carboxylic acids is 1. The van der Waals surface area contributed by atoms with Crippen molar-refractivity contribution in [3.8, 4) is 10.6 Å². The number of hydrogen-bond acceptors (Lipinski definition) is 4. The first-order valence-electron chi connectivity index (χ1n) is 6.63. The summed E-state index contributed by atoms with van der Waals surface area (Å²) in [4.78, 5) is 12.9. The van der Waals surface area contributed by atoms with Gasteiger partial charge in [0.25, 0.3) is 5.91 Å². The van der Waals surface area contributed by atoms with Crippen LogP contribution in [0.15, 0.2) is 41.5 Å². The molecule has 0 bridgehead atoms. The van der Waals surface area contributed by atoms with Crippen LogP contribution in [0.3, 0.4) is 0 Å². The molecule has 0 aliphatic rings. The van der Waals surface area contributed by atoms with E-state index in [0.717, 1.165) is 4.88 Å². The number of nitrogens with one attached hydrogen (secondary N) is 2. The molecule has 0 fully saturated rings. The minimum absolute atomic E-state index is 0.205. The molecule has 1 aromatic carbocycles. The summed E-state index contributed by atoms with van der Waals surface area (Å²) in [6, 6.07) is 10.3. The smallest absolute Gasteiger partial charge is 0.276 e. The Kier molecular flexibility index (Phi) is 5.20. The third-order valence-electron chi connectivity index (χ3n) is 3.01. The lowest BCUT2D eigenvalue weighted by atomic mass is 10.2. The van der Waals surface area contributed by atoms with Crippen LogP contribution in [0.2, 0.25) is 14.4 Å². The lowest BCUT2D eigenvalue weighted by Crippen LogP contribution is -2.18. The van der Waals surface area contributed by atoms with E-state index in [0.29, 0.717) is 25.6 Å². The summed E-state index contributed by atoms with van der Waals surface area (Å²) in [5.74, 6) is -0.459. The van der Waals surface area contributed by atoms with Gasteiger partial charge in [-0.25, -0.2) is 5.43 Å². The van der Waals surface area contributed by atoms with Gasteiger partial charge in [0, 0.05) is 5.56 Å². The van der Waals surface area contributed by atoms with Crippen molar-refractivity contribution in [1.29, 1.82) is 0 Å². The third kappa shape index (κ3) is 3.79. The zero-order valence-electron chi connectivity index (χ0n) is 11.9. The molecule has 3 rings (SSSR count). The Morgan fingerprint density at radius 3 is 2.62 bits per heavy atom. The number of hydrazone groups is 1. The maximum absolute atomic E-state index is 12.1. The average molecular weight is 400 g/mol. The minimum Gasteiger partial charge on any atom is -0.276 e. The van der Waals surface area contributed by atoms with Gasteiger partial charge in [-0.1, -0.05) is 40.9 Å². The van der Waals surface area contributed by atoms with Crippen molar-refractivity contribution >= 4 is 58.3 Å². The quantitative estimate of drug-likeness (QED) is 0.486. The van der Waals surface area contributed by atoms with Gasteiger partial charge in [-0.2, -0.15) is 10.2 Å². The molecular weight excluding hydrogens is 391 g/mol. The van der Waals surface area contributed by atoms with Gasteiger partial charge < -0.3 is 0 Å². The zero-order chi connectivity index (χ0) is 17.1. The molecule has 0 radical (unpaired) electrons. The first-order chi connectivity index (χ1) is 11.5. The number of thiophene rings is 1. The average Bonchev–Trinajstić information content (AvgIpc) is 3.19. The van der Waals surface area contributed by atoms with Crippen LogP contribution in [-0.4, -0.2) is 22.3 Å². The molecule has 0 aliphatic heterocycles. The van der Waals surface area contributed by atoms with Crippen LogP contribution in [0.4, 0.5) is 0 Å². The van der Waals surface area contributed by atoms with Gasteiger partial charge in [0.05, 0.1) is 31.2 Å². The van der Waals surface area contributed by atoms with Crippen LogP contribution >= 0.6 is 46.1 Å². The molecule has 122 valence electrons. The van der Waals surface area contributed by atoms with Gasteiger partial charge in [-0.15, -0.1) is 11.3 Å². The highest BCUT2D eigenvalue weighted by Crippen LogP contribution is 2.29. The molecule has 9 heteroatoms. The number of nitrogens with zero attached hydrogens (tertiary/aromatic N) is 2. The summed E-state index contributed by atoms with van der Waals surface area (Å²) >= 11 is 19.3. The molecule has 0 saturated carbocycles. The number of H-pyrrole nitrogens is 1. The number of aromatic amines is 1. The molecule has 0 aliphatic carbocycles. The predicted molar refractivity (Wildman–Crippen MR) is 98.4 cm³/mol. The number of hydrogen-bond donors (Lipinski definition) is 2. The second-order valence-electron chi connectivity index (χ2n) is 4.61. The molecular formula is C15H9Cl3N4OS. The summed E-state index contributed by atoms with van der Waals surface area (Å²) in [5, 5.41) is 11.5. The fourth-order valence-corrected chi connectivity index (χ4v) is 3.37. The van der Waals surface area contributed by atoms with E-state index < -0.39 is 5.91 Å². The Morgan fingerprint density at radius 2 is 1.96 bits per heavy atom. The highest BCUT2D eigenvalue weighted by Gasteiger charge is 2.12. The van der Waals surface area contributed by atoms with Crippen molar-refractivity contribution in [1.82, 2.24) is 15.6 Å². The van der Waals surface area contributed by atoms with E-state index in [1.165, 1.54) is 17.6 Å². The first kappa shape index (κ1) is 17.0. The number of amides is 1. The van der Waals surface area contributed by atoms with E-state index in [-0.39, 0.29) is 5.69 Å². The van der Waals surface area contributed by atoms with Crippen molar-refractivity contribution in [2.75, 3.05) is 0 Å². The van der Waals surface area contributed by atoms with Gasteiger partial charge in [0.2, 0.25) is 0 Å². The molecule has 2 aromatic heterocycles. The summed E-state index contributed by atoms with van der Waals surface area (Å²) in [5.41, 5.74) is 3.81. The number of aromatic nitrogens is 2. The Balaban J connectivity index is 1.70. The first-order valence-corrected chi connectivity index (χ1v) is 8.58. The van der Waals surface area contributed by atoms with Gasteiger partial charge in [0.1, 0.15) is 0 Å². The highest BCUT2D eigenvalue weighted by molar-refractivity contribution is 7.19. The number of benzene rings is 1. The molecule has 2 N–H and O–H groups in total. The molecule has 1 amide bonds. The van der Waals surface area contributed by atoms with E-state index in [2.05, 4.69) is 20.7 Å². The van der Waals surface area contributed by atoms with Gasteiger partial charge in [-0.3, -0.25) is 9.89 Å². The van der Waals surface area contributed by atoms with Gasteiger partial charge in [0.15, 0.2) is 5.69 Å². The number of rotatable bonds is 4. The van der Waals surface area contributed by atoms with E-state index >= 15 is 0 Å². The Bertz CT molecular complexity index is 899. The molecule has 0 unspecified atom stereocenters. The van der Waals surface area contributed by atoms with Crippen LogP contribution < -0.4 is 5.43 Å². The fourth-order valence-electron chi connectivity index (χ4n) is 1.87. The molecule has 0 saturated heterocycles. The largest absolute Gasteiger partial charge is 0.291 e. The Morgan fingerprint density at radius 1 is 1.21 bits per heavy atom. The van der Waals surface area contributed by atoms with E-state index in [1.807, 2.05) is 6.07 Å². The van der Waals surface area contributed by atoms with Crippen LogP contribution in [0.5, 0.6) is 0 Å².